The Bertz CT molecular complexity index is 921. The second-order valence-corrected chi connectivity index (χ2v) is 6.77. The molecule has 0 aliphatic heterocycles. The summed E-state index contributed by atoms with van der Waals surface area (Å²) in [6.45, 7) is 5.69. The van der Waals surface area contributed by atoms with E-state index in [0.29, 0.717) is 17.5 Å². The number of ether oxygens (including phenoxy) is 1. The lowest BCUT2D eigenvalue weighted by atomic mass is 10.1. The molecule has 0 aliphatic rings. The summed E-state index contributed by atoms with van der Waals surface area (Å²) in [7, 11) is 0. The number of benzene rings is 2. The van der Waals surface area contributed by atoms with Crippen molar-refractivity contribution in [3.05, 3.63) is 65.7 Å². The van der Waals surface area contributed by atoms with E-state index in [4.69, 9.17) is 9.26 Å². The van der Waals surface area contributed by atoms with E-state index in [9.17, 15) is 9.18 Å². The van der Waals surface area contributed by atoms with Crippen LogP contribution in [0, 0.1) is 5.82 Å². The molecule has 1 heterocycles. The molecule has 0 radical (unpaired) electrons. The summed E-state index contributed by atoms with van der Waals surface area (Å²) in [5.41, 5.74) is 1.60. The van der Waals surface area contributed by atoms with Gasteiger partial charge in [-0.2, -0.15) is 4.98 Å². The molecule has 146 valence electrons. The van der Waals surface area contributed by atoms with Crippen molar-refractivity contribution in [1.82, 2.24) is 15.5 Å². The summed E-state index contributed by atoms with van der Waals surface area (Å²) in [6.07, 6.45) is 0. The first-order chi connectivity index (χ1) is 13.4. The van der Waals surface area contributed by atoms with Crippen molar-refractivity contribution in [3.8, 4) is 17.2 Å². The van der Waals surface area contributed by atoms with E-state index in [2.05, 4.69) is 15.5 Å². The van der Waals surface area contributed by atoms with Crippen molar-refractivity contribution >= 4 is 5.91 Å². The van der Waals surface area contributed by atoms with Gasteiger partial charge in [-0.1, -0.05) is 31.1 Å². The molecule has 0 aliphatic carbocycles. The predicted octanol–water partition coefficient (Wildman–Crippen LogP) is 4.26. The summed E-state index contributed by atoms with van der Waals surface area (Å²) in [4.78, 5) is 16.4. The standard InChI is InChI=1S/C21H22FN3O3/c1-13(2)20-24-21(28-25-20)16-6-10-18(11-7-16)27-12-19(26)23-14(3)15-4-8-17(22)9-5-15/h4-11,13-14H,12H2,1-3H3,(H,23,26)/t14-/m1/s1. The van der Waals surface area contributed by atoms with E-state index in [1.54, 1.807) is 36.4 Å². The maximum absolute atomic E-state index is 13.0. The topological polar surface area (TPSA) is 77.2 Å². The second-order valence-electron chi connectivity index (χ2n) is 6.77. The van der Waals surface area contributed by atoms with Gasteiger partial charge < -0.3 is 14.6 Å². The van der Waals surface area contributed by atoms with Crippen molar-refractivity contribution in [3.63, 3.8) is 0 Å². The summed E-state index contributed by atoms with van der Waals surface area (Å²) < 4.78 is 23.7. The van der Waals surface area contributed by atoms with Crippen LogP contribution in [0.25, 0.3) is 11.5 Å². The fourth-order valence-corrected chi connectivity index (χ4v) is 2.55. The maximum Gasteiger partial charge on any atom is 0.258 e. The van der Waals surface area contributed by atoms with Crippen molar-refractivity contribution in [2.75, 3.05) is 6.61 Å². The van der Waals surface area contributed by atoms with Gasteiger partial charge in [-0.15, -0.1) is 0 Å². The highest BCUT2D eigenvalue weighted by Gasteiger charge is 2.13. The highest BCUT2D eigenvalue weighted by atomic mass is 19.1. The van der Waals surface area contributed by atoms with Crippen LogP contribution in [0.5, 0.6) is 5.75 Å². The second kappa shape index (κ2) is 8.65. The van der Waals surface area contributed by atoms with Crippen LogP contribution in [0.2, 0.25) is 0 Å². The van der Waals surface area contributed by atoms with Gasteiger partial charge >= 0.3 is 0 Å². The van der Waals surface area contributed by atoms with Gasteiger partial charge in [0.05, 0.1) is 6.04 Å². The Morgan fingerprint density at radius 2 is 1.79 bits per heavy atom. The van der Waals surface area contributed by atoms with Gasteiger partial charge in [-0.3, -0.25) is 4.79 Å². The zero-order valence-corrected chi connectivity index (χ0v) is 16.0. The molecule has 6 nitrogen and oxygen atoms in total. The summed E-state index contributed by atoms with van der Waals surface area (Å²) in [5, 5.41) is 6.76. The number of amides is 1. The highest BCUT2D eigenvalue weighted by molar-refractivity contribution is 5.78. The Morgan fingerprint density at radius 1 is 1.11 bits per heavy atom. The Balaban J connectivity index is 1.52. The molecule has 28 heavy (non-hydrogen) atoms. The van der Waals surface area contributed by atoms with E-state index >= 15 is 0 Å². The quantitative estimate of drug-likeness (QED) is 0.660. The molecule has 0 saturated carbocycles. The lowest BCUT2D eigenvalue weighted by Gasteiger charge is -2.14. The first-order valence-electron chi connectivity index (χ1n) is 9.04. The Kier molecular flexibility index (Phi) is 6.03. The number of aromatic nitrogens is 2. The Hall–Kier alpha value is -3.22. The number of carbonyl (C=O) groups is 1. The van der Waals surface area contributed by atoms with Crippen LogP contribution in [0.4, 0.5) is 4.39 Å². The molecule has 1 atom stereocenters. The van der Waals surface area contributed by atoms with E-state index in [-0.39, 0.29) is 30.3 Å². The minimum absolute atomic E-state index is 0.122. The van der Waals surface area contributed by atoms with Gasteiger partial charge in [0.15, 0.2) is 12.4 Å². The maximum atomic E-state index is 13.0. The van der Waals surface area contributed by atoms with Crippen LogP contribution in [0.15, 0.2) is 53.1 Å². The van der Waals surface area contributed by atoms with Crippen molar-refractivity contribution in [1.29, 1.82) is 0 Å². The molecule has 3 rings (SSSR count). The van der Waals surface area contributed by atoms with Gasteiger partial charge in [-0.05, 0) is 48.9 Å². The molecular formula is C21H22FN3O3. The molecule has 7 heteroatoms. The lowest BCUT2D eigenvalue weighted by Crippen LogP contribution is -2.31. The smallest absolute Gasteiger partial charge is 0.258 e. The molecular weight excluding hydrogens is 361 g/mol. The van der Waals surface area contributed by atoms with E-state index < -0.39 is 0 Å². The lowest BCUT2D eigenvalue weighted by molar-refractivity contribution is -0.123. The van der Waals surface area contributed by atoms with Crippen LogP contribution < -0.4 is 10.1 Å². The number of halogens is 1. The molecule has 2 aromatic carbocycles. The number of nitrogens with one attached hydrogen (secondary N) is 1. The fraction of sp³-hybridized carbons (Fsp3) is 0.286. The van der Waals surface area contributed by atoms with Crippen molar-refractivity contribution in [2.45, 2.75) is 32.7 Å². The molecule has 1 amide bonds. The molecule has 1 aromatic heterocycles. The molecule has 0 fully saturated rings. The highest BCUT2D eigenvalue weighted by Crippen LogP contribution is 2.22. The third-order valence-electron chi connectivity index (χ3n) is 4.18. The number of hydrogen-bond acceptors (Lipinski definition) is 5. The summed E-state index contributed by atoms with van der Waals surface area (Å²) >= 11 is 0. The van der Waals surface area contributed by atoms with E-state index in [1.807, 2.05) is 20.8 Å². The number of nitrogens with zero attached hydrogens (tertiary/aromatic N) is 2. The average Bonchev–Trinajstić information content (AvgIpc) is 3.18. The van der Waals surface area contributed by atoms with E-state index in [0.717, 1.165) is 11.1 Å². The van der Waals surface area contributed by atoms with Crippen molar-refractivity contribution in [2.24, 2.45) is 0 Å². The van der Waals surface area contributed by atoms with E-state index in [1.165, 1.54) is 12.1 Å². The van der Waals surface area contributed by atoms with Gasteiger partial charge in [0.1, 0.15) is 11.6 Å². The number of rotatable bonds is 7. The van der Waals surface area contributed by atoms with Crippen LogP contribution in [-0.2, 0) is 4.79 Å². The van der Waals surface area contributed by atoms with Gasteiger partial charge in [0, 0.05) is 11.5 Å². The minimum Gasteiger partial charge on any atom is -0.484 e. The molecule has 0 bridgehead atoms. The first-order valence-corrected chi connectivity index (χ1v) is 9.04. The molecule has 0 unspecified atom stereocenters. The van der Waals surface area contributed by atoms with Crippen LogP contribution in [0.1, 0.15) is 44.1 Å². The average molecular weight is 383 g/mol. The third kappa shape index (κ3) is 4.94. The predicted molar refractivity (Wildman–Crippen MR) is 102 cm³/mol. The monoisotopic (exact) mass is 383 g/mol. The normalized spacial score (nSPS) is 12.0. The number of carbonyl (C=O) groups excluding carboxylic acids is 1. The largest absolute Gasteiger partial charge is 0.484 e. The van der Waals surface area contributed by atoms with Crippen LogP contribution in [0.3, 0.4) is 0 Å². The summed E-state index contributed by atoms with van der Waals surface area (Å²) in [6, 6.07) is 12.8. The molecule has 0 spiro atoms. The SMILES string of the molecule is CC(C)c1noc(-c2ccc(OCC(=O)N[C@H](C)c3ccc(F)cc3)cc2)n1. The Labute approximate surface area is 162 Å². The minimum atomic E-state index is -0.310. The van der Waals surface area contributed by atoms with Gasteiger partial charge in [0.2, 0.25) is 0 Å². The number of hydrogen-bond donors (Lipinski definition) is 1. The Morgan fingerprint density at radius 3 is 2.39 bits per heavy atom. The summed E-state index contributed by atoms with van der Waals surface area (Å²) in [5.74, 6) is 1.27. The zero-order valence-electron chi connectivity index (χ0n) is 16.0. The molecule has 1 N–H and O–H groups in total. The van der Waals surface area contributed by atoms with Crippen LogP contribution in [-0.4, -0.2) is 22.7 Å². The third-order valence-corrected chi connectivity index (χ3v) is 4.18. The molecule has 0 saturated heterocycles. The van der Waals surface area contributed by atoms with Crippen molar-refractivity contribution < 1.29 is 18.4 Å². The van der Waals surface area contributed by atoms with Crippen LogP contribution >= 0.6 is 0 Å². The van der Waals surface area contributed by atoms with Gasteiger partial charge in [-0.25, -0.2) is 4.39 Å². The first kappa shape index (κ1) is 19.5. The zero-order chi connectivity index (χ0) is 20.1. The van der Waals surface area contributed by atoms with Gasteiger partial charge in [0.25, 0.3) is 11.8 Å². The molecule has 3 aromatic rings. The fourth-order valence-electron chi connectivity index (χ4n) is 2.55.